The molecule has 0 aliphatic carbocycles. The lowest BCUT2D eigenvalue weighted by atomic mass is 10.0. The van der Waals surface area contributed by atoms with Crippen LogP contribution in [0.25, 0.3) is 0 Å². The van der Waals surface area contributed by atoms with E-state index in [1.54, 1.807) is 6.92 Å². The Hall–Kier alpha value is -0.650. The van der Waals surface area contributed by atoms with Crippen molar-refractivity contribution >= 4 is 5.91 Å². The number of amides is 1. The summed E-state index contributed by atoms with van der Waals surface area (Å²) in [5, 5.41) is 20.7. The highest BCUT2D eigenvalue weighted by molar-refractivity contribution is 5.77. The number of carbonyl (C=O) groups is 1. The second-order valence-electron chi connectivity index (χ2n) is 4.62. The van der Waals surface area contributed by atoms with Crippen molar-refractivity contribution in [2.24, 2.45) is 0 Å². The number of carbonyl (C=O) groups excluding carboxylic acids is 1. The Labute approximate surface area is 95.8 Å². The Bertz CT molecular complexity index is 222. The fourth-order valence-electron chi connectivity index (χ4n) is 1.69. The smallest absolute Gasteiger partial charge is 0.223 e. The normalized spacial score (nSPS) is 21.8. The molecule has 0 aromatic rings. The maximum absolute atomic E-state index is 11.6. The third-order valence-electron chi connectivity index (χ3n) is 2.83. The first-order valence-corrected chi connectivity index (χ1v) is 5.74. The first-order valence-electron chi connectivity index (χ1n) is 5.74. The van der Waals surface area contributed by atoms with E-state index in [-0.39, 0.29) is 25.2 Å². The Morgan fingerprint density at radius 2 is 2.12 bits per heavy atom. The predicted octanol–water partition coefficient (Wildman–Crippen LogP) is -0.195. The third kappa shape index (κ3) is 4.08. The van der Waals surface area contributed by atoms with E-state index in [9.17, 15) is 4.79 Å². The number of hydrogen-bond donors (Lipinski definition) is 3. The number of aliphatic hydroxyl groups excluding tert-OH is 2. The first kappa shape index (κ1) is 13.4. The van der Waals surface area contributed by atoms with Crippen molar-refractivity contribution in [3.8, 4) is 0 Å². The molecule has 1 fully saturated rings. The van der Waals surface area contributed by atoms with Gasteiger partial charge in [0.05, 0.1) is 31.3 Å². The molecule has 94 valence electrons. The fourth-order valence-corrected chi connectivity index (χ4v) is 1.69. The molecule has 5 heteroatoms. The standard InChI is InChI=1S/C11H21NO4/c1-11(7-13,8-14)12-10(15)6-9-4-2-3-5-16-9/h9,13-14H,2-8H2,1H3,(H,12,15). The van der Waals surface area contributed by atoms with Crippen LogP contribution in [0.1, 0.15) is 32.6 Å². The minimum atomic E-state index is -0.939. The van der Waals surface area contributed by atoms with Crippen LogP contribution in [0.4, 0.5) is 0 Å². The van der Waals surface area contributed by atoms with Crippen molar-refractivity contribution in [2.75, 3.05) is 19.8 Å². The minimum Gasteiger partial charge on any atom is -0.394 e. The summed E-state index contributed by atoms with van der Waals surface area (Å²) in [5.41, 5.74) is -0.939. The summed E-state index contributed by atoms with van der Waals surface area (Å²) in [7, 11) is 0. The van der Waals surface area contributed by atoms with E-state index in [1.165, 1.54) is 0 Å². The Morgan fingerprint density at radius 1 is 1.44 bits per heavy atom. The van der Waals surface area contributed by atoms with Crippen LogP contribution in [-0.2, 0) is 9.53 Å². The van der Waals surface area contributed by atoms with Crippen LogP contribution in [-0.4, -0.2) is 47.6 Å². The molecule has 5 nitrogen and oxygen atoms in total. The maximum atomic E-state index is 11.6. The first-order chi connectivity index (χ1) is 7.59. The van der Waals surface area contributed by atoms with Gasteiger partial charge in [-0.05, 0) is 26.2 Å². The summed E-state index contributed by atoms with van der Waals surface area (Å²) >= 11 is 0. The Kier molecular flexibility index (Phi) is 5.18. The second-order valence-corrected chi connectivity index (χ2v) is 4.62. The van der Waals surface area contributed by atoms with E-state index in [0.717, 1.165) is 25.9 Å². The van der Waals surface area contributed by atoms with Crippen LogP contribution in [0.2, 0.25) is 0 Å². The summed E-state index contributed by atoms with van der Waals surface area (Å²) in [6.07, 6.45) is 3.34. The van der Waals surface area contributed by atoms with Crippen molar-refractivity contribution in [3.63, 3.8) is 0 Å². The quantitative estimate of drug-likeness (QED) is 0.612. The van der Waals surface area contributed by atoms with Crippen molar-refractivity contribution in [1.29, 1.82) is 0 Å². The van der Waals surface area contributed by atoms with E-state index in [4.69, 9.17) is 14.9 Å². The number of ether oxygens (including phenoxy) is 1. The molecule has 1 aliphatic rings. The lowest BCUT2D eigenvalue weighted by Gasteiger charge is -2.28. The molecule has 1 amide bonds. The van der Waals surface area contributed by atoms with Crippen molar-refractivity contribution in [3.05, 3.63) is 0 Å². The highest BCUT2D eigenvalue weighted by Crippen LogP contribution is 2.15. The van der Waals surface area contributed by atoms with Gasteiger partial charge in [0.25, 0.3) is 0 Å². The van der Waals surface area contributed by atoms with E-state index in [0.29, 0.717) is 6.42 Å². The molecule has 1 aliphatic heterocycles. The zero-order chi connectivity index (χ0) is 12.0. The molecule has 1 saturated heterocycles. The SMILES string of the molecule is CC(CO)(CO)NC(=O)CC1CCCCO1. The summed E-state index contributed by atoms with van der Waals surface area (Å²) in [4.78, 5) is 11.6. The fraction of sp³-hybridized carbons (Fsp3) is 0.909. The van der Waals surface area contributed by atoms with Crippen LogP contribution in [0.3, 0.4) is 0 Å². The zero-order valence-corrected chi connectivity index (χ0v) is 9.74. The molecule has 0 radical (unpaired) electrons. The number of rotatable bonds is 5. The van der Waals surface area contributed by atoms with Gasteiger partial charge in [0, 0.05) is 6.61 Å². The predicted molar refractivity (Wildman–Crippen MR) is 58.9 cm³/mol. The average Bonchev–Trinajstić information content (AvgIpc) is 2.30. The van der Waals surface area contributed by atoms with Gasteiger partial charge < -0.3 is 20.3 Å². The summed E-state index contributed by atoms with van der Waals surface area (Å²) < 4.78 is 5.44. The summed E-state index contributed by atoms with van der Waals surface area (Å²) in [6, 6.07) is 0. The molecule has 16 heavy (non-hydrogen) atoms. The molecular weight excluding hydrogens is 210 g/mol. The van der Waals surface area contributed by atoms with Crippen LogP contribution in [0, 0.1) is 0 Å². The number of hydrogen-bond acceptors (Lipinski definition) is 4. The van der Waals surface area contributed by atoms with E-state index >= 15 is 0 Å². The molecule has 0 aromatic carbocycles. The van der Waals surface area contributed by atoms with Gasteiger partial charge in [0.1, 0.15) is 0 Å². The van der Waals surface area contributed by atoms with E-state index in [1.807, 2.05) is 0 Å². The van der Waals surface area contributed by atoms with Gasteiger partial charge >= 0.3 is 0 Å². The molecular formula is C11H21NO4. The molecule has 1 unspecified atom stereocenters. The van der Waals surface area contributed by atoms with E-state index < -0.39 is 5.54 Å². The zero-order valence-electron chi connectivity index (χ0n) is 9.74. The highest BCUT2D eigenvalue weighted by atomic mass is 16.5. The molecule has 0 spiro atoms. The van der Waals surface area contributed by atoms with E-state index in [2.05, 4.69) is 5.32 Å². The van der Waals surface area contributed by atoms with Gasteiger partial charge in [-0.2, -0.15) is 0 Å². The topological polar surface area (TPSA) is 78.8 Å². The average molecular weight is 231 g/mol. The molecule has 1 atom stereocenters. The van der Waals surface area contributed by atoms with Gasteiger partial charge in [-0.1, -0.05) is 0 Å². The van der Waals surface area contributed by atoms with Gasteiger partial charge in [0.2, 0.25) is 5.91 Å². The molecule has 0 aromatic heterocycles. The van der Waals surface area contributed by atoms with Crippen LogP contribution >= 0.6 is 0 Å². The number of nitrogens with one attached hydrogen (secondary N) is 1. The van der Waals surface area contributed by atoms with Gasteiger partial charge in [-0.25, -0.2) is 0 Å². The minimum absolute atomic E-state index is 0.0182. The second kappa shape index (κ2) is 6.18. The maximum Gasteiger partial charge on any atom is 0.223 e. The Morgan fingerprint density at radius 3 is 2.62 bits per heavy atom. The van der Waals surface area contributed by atoms with Crippen molar-refractivity contribution < 1.29 is 19.7 Å². The molecule has 0 bridgehead atoms. The lowest BCUT2D eigenvalue weighted by molar-refractivity contribution is -0.127. The largest absolute Gasteiger partial charge is 0.394 e. The molecule has 1 heterocycles. The van der Waals surface area contributed by atoms with Gasteiger partial charge in [0.15, 0.2) is 0 Å². The molecule has 1 rings (SSSR count). The summed E-state index contributed by atoms with van der Waals surface area (Å²) in [6.45, 7) is 1.77. The molecule has 0 saturated carbocycles. The monoisotopic (exact) mass is 231 g/mol. The van der Waals surface area contributed by atoms with Crippen LogP contribution in [0.5, 0.6) is 0 Å². The lowest BCUT2D eigenvalue weighted by Crippen LogP contribution is -2.52. The van der Waals surface area contributed by atoms with Crippen LogP contribution in [0.15, 0.2) is 0 Å². The van der Waals surface area contributed by atoms with Crippen molar-refractivity contribution in [1.82, 2.24) is 5.32 Å². The third-order valence-corrected chi connectivity index (χ3v) is 2.83. The number of aliphatic hydroxyl groups is 2. The van der Waals surface area contributed by atoms with Gasteiger partial charge in [-0.3, -0.25) is 4.79 Å². The van der Waals surface area contributed by atoms with Crippen LogP contribution < -0.4 is 5.32 Å². The highest BCUT2D eigenvalue weighted by Gasteiger charge is 2.26. The Balaban J connectivity index is 2.34. The molecule has 3 N–H and O–H groups in total. The van der Waals surface area contributed by atoms with Gasteiger partial charge in [-0.15, -0.1) is 0 Å². The summed E-state index contributed by atoms with van der Waals surface area (Å²) in [5.74, 6) is -0.183. The van der Waals surface area contributed by atoms with Crippen molar-refractivity contribution in [2.45, 2.75) is 44.2 Å².